The highest BCUT2D eigenvalue weighted by Gasteiger charge is 2.14. The summed E-state index contributed by atoms with van der Waals surface area (Å²) in [6.45, 7) is 0. The Morgan fingerprint density at radius 1 is 0.852 bits per heavy atom. The van der Waals surface area contributed by atoms with Crippen molar-refractivity contribution in [1.29, 1.82) is 0 Å². The van der Waals surface area contributed by atoms with Crippen molar-refractivity contribution in [2.45, 2.75) is 0 Å². The highest BCUT2D eigenvalue weighted by Crippen LogP contribution is 2.36. The molecular weight excluding hydrogens is 356 g/mol. The second kappa shape index (κ2) is 5.28. The molecule has 0 atom stereocenters. The topological polar surface area (TPSA) is 58.9 Å². The molecule has 0 fully saturated rings. The molecule has 0 spiro atoms. The molecule has 27 heavy (non-hydrogen) atoms. The number of fused-ring (bicyclic) bond motifs is 6. The molecule has 5 heteroatoms. The van der Waals surface area contributed by atoms with Crippen molar-refractivity contribution in [2.24, 2.45) is 0 Å². The van der Waals surface area contributed by atoms with Gasteiger partial charge in [0, 0.05) is 31.1 Å². The highest BCUT2D eigenvalue weighted by atomic mass is 32.1. The third-order valence-corrected chi connectivity index (χ3v) is 6.06. The number of H-pyrrole nitrogens is 1. The van der Waals surface area contributed by atoms with Crippen molar-refractivity contribution in [2.75, 3.05) is 0 Å². The Morgan fingerprint density at radius 2 is 1.63 bits per heavy atom. The molecule has 4 nitrogen and oxygen atoms in total. The van der Waals surface area contributed by atoms with E-state index in [0.29, 0.717) is 22.4 Å². The van der Waals surface area contributed by atoms with Gasteiger partial charge < -0.3 is 9.40 Å². The van der Waals surface area contributed by atoms with Crippen molar-refractivity contribution in [1.82, 2.24) is 9.97 Å². The number of hydrogen-bond donors (Lipinski definition) is 1. The Labute approximate surface area is 156 Å². The van der Waals surface area contributed by atoms with Crippen molar-refractivity contribution in [3.05, 3.63) is 77.2 Å². The Balaban J connectivity index is 1.65. The molecule has 128 valence electrons. The molecule has 0 unspecified atom stereocenters. The lowest BCUT2D eigenvalue weighted by Gasteiger charge is -1.98. The van der Waals surface area contributed by atoms with Crippen LogP contribution in [0.3, 0.4) is 0 Å². The van der Waals surface area contributed by atoms with Gasteiger partial charge in [0.25, 0.3) is 0 Å². The molecule has 0 aliphatic carbocycles. The highest BCUT2D eigenvalue weighted by molar-refractivity contribution is 7.25. The second-order valence-corrected chi connectivity index (χ2v) is 7.59. The average Bonchev–Trinajstić information content (AvgIpc) is 3.30. The van der Waals surface area contributed by atoms with E-state index in [1.54, 1.807) is 17.4 Å². The number of para-hydroxylation sites is 1. The number of nitrogens with one attached hydrogen (secondary N) is 1. The van der Waals surface area contributed by atoms with Gasteiger partial charge in [-0.3, -0.25) is 0 Å². The number of benzene rings is 3. The summed E-state index contributed by atoms with van der Waals surface area (Å²) in [6.07, 6.45) is 0. The lowest BCUT2D eigenvalue weighted by Crippen LogP contribution is -1.99. The van der Waals surface area contributed by atoms with E-state index in [9.17, 15) is 4.79 Å². The van der Waals surface area contributed by atoms with Crippen LogP contribution in [0.2, 0.25) is 0 Å². The third kappa shape index (κ3) is 2.09. The van der Waals surface area contributed by atoms with Crippen LogP contribution >= 0.6 is 11.3 Å². The van der Waals surface area contributed by atoms with E-state index in [1.807, 2.05) is 24.3 Å². The zero-order valence-electron chi connectivity index (χ0n) is 14.0. The van der Waals surface area contributed by atoms with Gasteiger partial charge in [-0.2, -0.15) is 0 Å². The monoisotopic (exact) mass is 368 g/mol. The van der Waals surface area contributed by atoms with Crippen LogP contribution in [0.25, 0.3) is 53.6 Å². The lowest BCUT2D eigenvalue weighted by atomic mass is 10.1. The number of aromatic amines is 1. The fraction of sp³-hybridized carbons (Fsp3) is 0. The number of rotatable bonds is 1. The van der Waals surface area contributed by atoms with E-state index >= 15 is 0 Å². The summed E-state index contributed by atoms with van der Waals surface area (Å²) in [4.78, 5) is 20.2. The van der Waals surface area contributed by atoms with Gasteiger partial charge in [0.1, 0.15) is 11.4 Å². The first kappa shape index (κ1) is 14.7. The van der Waals surface area contributed by atoms with Crippen molar-refractivity contribution < 1.29 is 4.42 Å². The van der Waals surface area contributed by atoms with Gasteiger partial charge in [-0.25, -0.2) is 9.78 Å². The van der Waals surface area contributed by atoms with Gasteiger partial charge in [-0.15, -0.1) is 11.3 Å². The Hall–Kier alpha value is -3.44. The van der Waals surface area contributed by atoms with Gasteiger partial charge in [0.15, 0.2) is 5.52 Å². The first-order valence-electron chi connectivity index (χ1n) is 8.61. The van der Waals surface area contributed by atoms with Crippen LogP contribution in [0.1, 0.15) is 0 Å². The minimum Gasteiger partial charge on any atom is -0.421 e. The van der Waals surface area contributed by atoms with Crippen LogP contribution in [0.4, 0.5) is 0 Å². The molecule has 0 saturated carbocycles. The maximum absolute atomic E-state index is 12.3. The molecule has 0 radical (unpaired) electrons. The molecule has 0 bridgehead atoms. The van der Waals surface area contributed by atoms with Crippen molar-refractivity contribution in [3.8, 4) is 11.4 Å². The summed E-state index contributed by atoms with van der Waals surface area (Å²) in [5.41, 5.74) is 2.13. The quantitative estimate of drug-likeness (QED) is 0.379. The predicted octanol–water partition coefficient (Wildman–Crippen LogP) is 5.70. The summed E-state index contributed by atoms with van der Waals surface area (Å²) < 4.78 is 7.91. The smallest absolute Gasteiger partial charge is 0.364 e. The van der Waals surface area contributed by atoms with Crippen LogP contribution in [0.5, 0.6) is 0 Å². The van der Waals surface area contributed by atoms with Crippen LogP contribution < -0.4 is 5.63 Å². The summed E-state index contributed by atoms with van der Waals surface area (Å²) in [5, 5.41) is 3.29. The minimum atomic E-state index is -0.423. The van der Waals surface area contributed by atoms with Crippen molar-refractivity contribution >= 4 is 53.5 Å². The predicted molar refractivity (Wildman–Crippen MR) is 110 cm³/mol. The van der Waals surface area contributed by atoms with Crippen LogP contribution in [-0.4, -0.2) is 9.97 Å². The van der Waals surface area contributed by atoms with E-state index in [0.717, 1.165) is 10.9 Å². The minimum absolute atomic E-state index is 0.332. The summed E-state index contributed by atoms with van der Waals surface area (Å²) in [5.74, 6) is 0.672. The summed E-state index contributed by atoms with van der Waals surface area (Å²) in [6, 6.07) is 22.2. The number of imidazole rings is 1. The molecule has 3 aromatic carbocycles. The number of aromatic nitrogens is 2. The third-order valence-electron chi connectivity index (χ3n) is 4.91. The van der Waals surface area contributed by atoms with E-state index < -0.39 is 5.63 Å². The molecule has 1 N–H and O–H groups in total. The summed E-state index contributed by atoms with van der Waals surface area (Å²) >= 11 is 1.78. The normalized spacial score (nSPS) is 11.9. The SMILES string of the molecule is O=c1oc2ccccc2c2[nH]c(-c3ccc4sc5ccccc5c4c3)nc12. The van der Waals surface area contributed by atoms with Gasteiger partial charge in [0.2, 0.25) is 0 Å². The molecule has 6 rings (SSSR count). The Kier molecular flexibility index (Phi) is 2.88. The van der Waals surface area contributed by atoms with Gasteiger partial charge in [-0.1, -0.05) is 30.3 Å². The molecule has 0 saturated heterocycles. The number of thiophene rings is 1. The zero-order valence-corrected chi connectivity index (χ0v) is 14.8. The van der Waals surface area contributed by atoms with Gasteiger partial charge in [-0.05, 0) is 36.4 Å². The molecule has 3 heterocycles. The molecule has 6 aromatic rings. The van der Waals surface area contributed by atoms with Crippen LogP contribution in [0.15, 0.2) is 75.9 Å². The maximum atomic E-state index is 12.3. The molecular formula is C22H12N2O2S. The Bertz CT molecular complexity index is 1560. The van der Waals surface area contributed by atoms with Crippen LogP contribution in [-0.2, 0) is 0 Å². The fourth-order valence-corrected chi connectivity index (χ4v) is 4.72. The zero-order chi connectivity index (χ0) is 18.0. The van der Waals surface area contributed by atoms with E-state index in [4.69, 9.17) is 4.42 Å². The first-order valence-corrected chi connectivity index (χ1v) is 9.43. The van der Waals surface area contributed by atoms with Crippen molar-refractivity contribution in [3.63, 3.8) is 0 Å². The molecule has 0 amide bonds. The largest absolute Gasteiger partial charge is 0.421 e. The van der Waals surface area contributed by atoms with E-state index in [1.165, 1.54) is 20.2 Å². The maximum Gasteiger partial charge on any atom is 0.364 e. The molecule has 0 aliphatic heterocycles. The number of nitrogens with zero attached hydrogens (tertiary/aromatic N) is 1. The average molecular weight is 368 g/mol. The Morgan fingerprint density at radius 3 is 2.56 bits per heavy atom. The lowest BCUT2D eigenvalue weighted by molar-refractivity contribution is 0.568. The standard InChI is InChI=1S/C22H12N2O2S/c25-22-20-19(14-6-1-3-7-16(14)26-22)23-21(24-20)12-9-10-18-15(11-12)13-5-2-4-8-17(13)27-18/h1-11H,(H,23,24). The summed E-state index contributed by atoms with van der Waals surface area (Å²) in [7, 11) is 0. The van der Waals surface area contributed by atoms with E-state index in [-0.39, 0.29) is 0 Å². The van der Waals surface area contributed by atoms with Gasteiger partial charge in [0.05, 0.1) is 5.52 Å². The van der Waals surface area contributed by atoms with E-state index in [2.05, 4.69) is 46.4 Å². The second-order valence-electron chi connectivity index (χ2n) is 6.50. The number of hydrogen-bond acceptors (Lipinski definition) is 4. The van der Waals surface area contributed by atoms with Crippen LogP contribution in [0, 0.1) is 0 Å². The molecule has 0 aliphatic rings. The molecule has 3 aromatic heterocycles. The first-order chi connectivity index (χ1) is 13.3. The fourth-order valence-electron chi connectivity index (χ4n) is 3.64. The van der Waals surface area contributed by atoms with Gasteiger partial charge >= 0.3 is 5.63 Å².